The molecule has 2 aromatic carbocycles. The lowest BCUT2D eigenvalue weighted by molar-refractivity contribution is -0.131. The van der Waals surface area contributed by atoms with E-state index in [1.165, 1.54) is 36.4 Å². The number of halogens is 2. The summed E-state index contributed by atoms with van der Waals surface area (Å²) in [6, 6.07) is 9.33. The number of hydrogen-bond acceptors (Lipinski definition) is 6. The van der Waals surface area contributed by atoms with Gasteiger partial charge in [-0.2, -0.15) is 5.10 Å². The fraction of sp³-hybridized carbons (Fsp3) is 0.250. The summed E-state index contributed by atoms with van der Waals surface area (Å²) in [7, 11) is 0. The number of aliphatic imine (C=N–C) groups is 1. The lowest BCUT2D eigenvalue weighted by Crippen LogP contribution is -2.35. The number of benzene rings is 2. The maximum Gasteiger partial charge on any atom is 0.240 e. The maximum atomic E-state index is 14.8. The molecule has 10 heteroatoms. The molecule has 1 fully saturated rings. The summed E-state index contributed by atoms with van der Waals surface area (Å²) < 4.78 is 33.7. The van der Waals surface area contributed by atoms with Gasteiger partial charge in [0.05, 0.1) is 5.92 Å². The Balaban J connectivity index is 1.25. The van der Waals surface area contributed by atoms with Gasteiger partial charge in [0.2, 0.25) is 11.8 Å². The van der Waals surface area contributed by atoms with Crippen LogP contribution in [-0.2, 0) is 9.59 Å². The Morgan fingerprint density at radius 2 is 1.74 bits per heavy atom. The SMILES string of the molecule is CC1=NNC2N=CC=C(Oc3ccc(NC(=O)C4(C(=O)Nc5ccc(F)cc5)CC4)cc3F)C12. The Bertz CT molecular complexity index is 1250. The zero-order valence-electron chi connectivity index (χ0n) is 18.1. The molecule has 2 amide bonds. The van der Waals surface area contributed by atoms with Gasteiger partial charge in [0.25, 0.3) is 0 Å². The summed E-state index contributed by atoms with van der Waals surface area (Å²) in [4.78, 5) is 29.8. The number of allylic oxidation sites excluding steroid dienone is 1. The van der Waals surface area contributed by atoms with Crippen molar-refractivity contribution in [3.05, 3.63) is 65.9 Å². The van der Waals surface area contributed by atoms with Crippen LogP contribution in [0.1, 0.15) is 19.8 Å². The molecule has 2 heterocycles. The van der Waals surface area contributed by atoms with Crippen LogP contribution in [0.2, 0.25) is 0 Å². The quantitative estimate of drug-likeness (QED) is 0.567. The average Bonchev–Trinajstić information content (AvgIpc) is 3.55. The van der Waals surface area contributed by atoms with E-state index in [9.17, 15) is 18.4 Å². The van der Waals surface area contributed by atoms with Crippen molar-refractivity contribution in [1.29, 1.82) is 0 Å². The number of nitrogens with one attached hydrogen (secondary N) is 3. The zero-order valence-corrected chi connectivity index (χ0v) is 18.1. The predicted octanol–water partition coefficient (Wildman–Crippen LogP) is 3.59. The summed E-state index contributed by atoms with van der Waals surface area (Å²) in [5.74, 6) is -1.83. The number of anilines is 2. The van der Waals surface area contributed by atoms with Gasteiger partial charge >= 0.3 is 0 Å². The third-order valence-corrected chi connectivity index (χ3v) is 6.07. The van der Waals surface area contributed by atoms with Gasteiger partial charge in [0.1, 0.15) is 23.2 Å². The van der Waals surface area contributed by atoms with Crippen LogP contribution in [0.3, 0.4) is 0 Å². The number of dihydropyridines is 1. The second-order valence-electron chi connectivity index (χ2n) is 8.42. The van der Waals surface area contributed by atoms with Crippen molar-refractivity contribution in [1.82, 2.24) is 5.43 Å². The third-order valence-electron chi connectivity index (χ3n) is 6.07. The molecule has 0 bridgehead atoms. The van der Waals surface area contributed by atoms with Crippen molar-refractivity contribution >= 4 is 35.1 Å². The van der Waals surface area contributed by atoms with Crippen molar-refractivity contribution < 1.29 is 23.1 Å². The molecule has 2 aromatic rings. The second-order valence-corrected chi connectivity index (χ2v) is 8.42. The highest BCUT2D eigenvalue weighted by Gasteiger charge is 2.56. The van der Waals surface area contributed by atoms with E-state index in [-0.39, 0.29) is 23.5 Å². The summed E-state index contributed by atoms with van der Waals surface area (Å²) in [5, 5.41) is 9.41. The Morgan fingerprint density at radius 3 is 2.41 bits per heavy atom. The molecule has 0 aromatic heterocycles. The Labute approximate surface area is 193 Å². The van der Waals surface area contributed by atoms with E-state index in [0.29, 0.717) is 24.3 Å². The van der Waals surface area contributed by atoms with Crippen LogP contribution >= 0.6 is 0 Å². The third kappa shape index (κ3) is 4.02. The first kappa shape index (κ1) is 21.7. The largest absolute Gasteiger partial charge is 0.458 e. The van der Waals surface area contributed by atoms with E-state index in [1.807, 2.05) is 6.92 Å². The van der Waals surface area contributed by atoms with Crippen LogP contribution in [0.25, 0.3) is 0 Å². The molecule has 174 valence electrons. The molecular weight excluding hydrogens is 444 g/mol. The number of hydrogen-bond donors (Lipinski definition) is 3. The highest BCUT2D eigenvalue weighted by molar-refractivity contribution is 6.16. The first-order valence-corrected chi connectivity index (χ1v) is 10.7. The monoisotopic (exact) mass is 465 g/mol. The van der Waals surface area contributed by atoms with E-state index in [0.717, 1.165) is 11.8 Å². The summed E-state index contributed by atoms with van der Waals surface area (Å²) in [5.41, 5.74) is 3.03. The highest BCUT2D eigenvalue weighted by Crippen LogP contribution is 2.47. The number of carbonyl (C=O) groups is 2. The molecule has 34 heavy (non-hydrogen) atoms. The molecule has 2 atom stereocenters. The Kier molecular flexibility index (Phi) is 5.35. The van der Waals surface area contributed by atoms with Gasteiger partial charge in [-0.1, -0.05) is 0 Å². The Hall–Kier alpha value is -4.08. The van der Waals surface area contributed by atoms with E-state index in [2.05, 4.69) is 26.2 Å². The minimum absolute atomic E-state index is 0.00631. The molecule has 0 spiro atoms. The average molecular weight is 465 g/mol. The van der Waals surface area contributed by atoms with Gasteiger partial charge in [-0.15, -0.1) is 0 Å². The highest BCUT2D eigenvalue weighted by atomic mass is 19.1. The Morgan fingerprint density at radius 1 is 1.06 bits per heavy atom. The van der Waals surface area contributed by atoms with Crippen molar-refractivity contribution in [3.63, 3.8) is 0 Å². The number of hydrazone groups is 1. The predicted molar refractivity (Wildman–Crippen MR) is 122 cm³/mol. The molecule has 1 saturated carbocycles. The van der Waals surface area contributed by atoms with E-state index >= 15 is 0 Å². The molecule has 3 N–H and O–H groups in total. The van der Waals surface area contributed by atoms with Crippen molar-refractivity contribution in [2.45, 2.75) is 25.9 Å². The standard InChI is InChI=1S/C24H21F2N5O3/c1-13-20-19(8-11-27-21(20)31-30-13)34-18-7-6-16(12-17(18)26)29-23(33)24(9-10-24)22(32)28-15-4-2-14(25)3-5-15/h2-8,11-12,20-21,31H,9-10H2,1H3,(H,28,32)(H,29,33). The van der Waals surface area contributed by atoms with Crippen LogP contribution in [0.15, 0.2) is 64.4 Å². The van der Waals surface area contributed by atoms with Gasteiger partial charge < -0.3 is 15.4 Å². The number of fused-ring (bicyclic) bond motifs is 1. The number of carbonyl (C=O) groups excluding carboxylic acids is 2. The van der Waals surface area contributed by atoms with E-state index in [4.69, 9.17) is 4.74 Å². The summed E-state index contributed by atoms with van der Waals surface area (Å²) in [6.45, 7) is 1.84. The van der Waals surface area contributed by atoms with Crippen molar-refractivity contribution in [3.8, 4) is 5.75 Å². The van der Waals surface area contributed by atoms with Crippen LogP contribution in [0.5, 0.6) is 5.75 Å². The topological polar surface area (TPSA) is 104 Å². The maximum absolute atomic E-state index is 14.8. The van der Waals surface area contributed by atoms with Crippen LogP contribution < -0.4 is 20.8 Å². The number of amides is 2. The summed E-state index contributed by atoms with van der Waals surface area (Å²) >= 11 is 0. The smallest absolute Gasteiger partial charge is 0.240 e. The minimum atomic E-state index is -1.24. The normalized spacial score (nSPS) is 21.5. The fourth-order valence-electron chi connectivity index (χ4n) is 3.94. The first-order valence-electron chi connectivity index (χ1n) is 10.7. The lowest BCUT2D eigenvalue weighted by Gasteiger charge is -2.22. The lowest BCUT2D eigenvalue weighted by atomic mass is 9.98. The molecule has 0 saturated heterocycles. The van der Waals surface area contributed by atoms with Crippen LogP contribution in [0, 0.1) is 23.0 Å². The molecule has 8 nitrogen and oxygen atoms in total. The zero-order chi connectivity index (χ0) is 23.9. The summed E-state index contributed by atoms with van der Waals surface area (Å²) in [6.07, 6.45) is 3.69. The molecular formula is C24H21F2N5O3. The first-order chi connectivity index (χ1) is 16.4. The molecule has 2 aliphatic heterocycles. The van der Waals surface area contributed by atoms with Crippen molar-refractivity contribution in [2.24, 2.45) is 21.4 Å². The van der Waals surface area contributed by atoms with E-state index in [1.54, 1.807) is 12.3 Å². The molecule has 3 aliphatic rings. The molecule has 0 radical (unpaired) electrons. The van der Waals surface area contributed by atoms with Gasteiger partial charge in [-0.3, -0.25) is 20.0 Å². The van der Waals surface area contributed by atoms with Crippen LogP contribution in [-0.4, -0.2) is 29.9 Å². The number of nitrogens with zero attached hydrogens (tertiary/aromatic N) is 2. The molecule has 2 unspecified atom stereocenters. The molecule has 1 aliphatic carbocycles. The van der Waals surface area contributed by atoms with Gasteiger partial charge in [0, 0.05) is 29.4 Å². The van der Waals surface area contributed by atoms with E-state index < -0.39 is 28.9 Å². The van der Waals surface area contributed by atoms with Crippen LogP contribution in [0.4, 0.5) is 20.2 Å². The number of ether oxygens (including phenoxy) is 1. The van der Waals surface area contributed by atoms with Gasteiger partial charge in [-0.25, -0.2) is 8.78 Å². The molecule has 5 rings (SSSR count). The number of rotatable bonds is 6. The van der Waals surface area contributed by atoms with Gasteiger partial charge in [-0.05, 0) is 62.2 Å². The minimum Gasteiger partial charge on any atom is -0.458 e. The van der Waals surface area contributed by atoms with Gasteiger partial charge in [0.15, 0.2) is 11.6 Å². The second kappa shape index (κ2) is 8.36. The van der Waals surface area contributed by atoms with Crippen molar-refractivity contribution in [2.75, 3.05) is 10.6 Å². The fourth-order valence-corrected chi connectivity index (χ4v) is 3.94.